The van der Waals surface area contributed by atoms with Crippen LogP contribution in [0.15, 0.2) is 30.5 Å². The monoisotopic (exact) mass is 412 g/mol. The third-order valence-corrected chi connectivity index (χ3v) is 6.42. The largest absolute Gasteiger partial charge is 0.342 e. The molecule has 1 saturated heterocycles. The highest BCUT2D eigenvalue weighted by atomic mass is 32.1. The van der Waals surface area contributed by atoms with Crippen LogP contribution in [0.4, 0.5) is 0 Å². The topological polar surface area (TPSA) is 84.2 Å². The Labute approximate surface area is 173 Å². The van der Waals surface area contributed by atoms with Crippen molar-refractivity contribution in [3.05, 3.63) is 41.2 Å². The Hall–Kier alpha value is -2.81. The average Bonchev–Trinajstić information content (AvgIpc) is 3.46. The van der Waals surface area contributed by atoms with Crippen molar-refractivity contribution in [1.82, 2.24) is 29.8 Å². The van der Waals surface area contributed by atoms with Crippen LogP contribution in [-0.2, 0) is 11.3 Å². The van der Waals surface area contributed by atoms with Gasteiger partial charge in [0, 0.05) is 19.6 Å². The van der Waals surface area contributed by atoms with Crippen molar-refractivity contribution >= 4 is 33.4 Å². The molecule has 8 nitrogen and oxygen atoms in total. The number of fused-ring (bicyclic) bond motifs is 1. The van der Waals surface area contributed by atoms with Gasteiger partial charge in [0.1, 0.15) is 11.6 Å². The van der Waals surface area contributed by atoms with E-state index in [1.165, 1.54) is 4.68 Å². The normalized spacial score (nSPS) is 16.5. The van der Waals surface area contributed by atoms with Crippen molar-refractivity contribution in [3.63, 3.8) is 0 Å². The summed E-state index contributed by atoms with van der Waals surface area (Å²) < 4.78 is 2.57. The number of benzene rings is 1. The molecule has 9 heteroatoms. The van der Waals surface area contributed by atoms with Crippen LogP contribution in [0.3, 0.4) is 0 Å². The molecule has 0 N–H and O–H groups in total. The van der Waals surface area contributed by atoms with E-state index in [1.54, 1.807) is 22.4 Å². The van der Waals surface area contributed by atoms with Crippen LogP contribution in [0.1, 0.15) is 48.2 Å². The third kappa shape index (κ3) is 3.87. The van der Waals surface area contributed by atoms with E-state index in [1.807, 2.05) is 36.9 Å². The Kier molecular flexibility index (Phi) is 5.57. The number of likely N-dealkylation sites (tertiary alicyclic amines) is 1. The number of carbonyl (C=O) groups excluding carboxylic acids is 2. The second kappa shape index (κ2) is 8.28. The summed E-state index contributed by atoms with van der Waals surface area (Å²) >= 11 is 1.64. The molecule has 0 bridgehead atoms. The molecule has 1 aromatic carbocycles. The van der Waals surface area contributed by atoms with Gasteiger partial charge in [0.2, 0.25) is 5.91 Å². The molecule has 0 radical (unpaired) electrons. The predicted octanol–water partition coefficient (Wildman–Crippen LogP) is 2.73. The van der Waals surface area contributed by atoms with Crippen LogP contribution in [0, 0.1) is 0 Å². The van der Waals surface area contributed by atoms with E-state index in [2.05, 4.69) is 16.4 Å². The molecule has 2 amide bonds. The highest BCUT2D eigenvalue weighted by Gasteiger charge is 2.34. The number of aromatic nitrogens is 4. The first-order valence-corrected chi connectivity index (χ1v) is 10.8. The molecule has 29 heavy (non-hydrogen) atoms. The highest BCUT2D eigenvalue weighted by Crippen LogP contribution is 2.37. The molecule has 3 heterocycles. The minimum atomic E-state index is -0.159. The van der Waals surface area contributed by atoms with E-state index in [0.29, 0.717) is 19.6 Å². The Morgan fingerprint density at radius 1 is 1.24 bits per heavy atom. The minimum absolute atomic E-state index is 0.0348. The fourth-order valence-corrected chi connectivity index (χ4v) is 4.85. The number of para-hydroxylation sites is 1. The van der Waals surface area contributed by atoms with E-state index >= 15 is 0 Å². The Morgan fingerprint density at radius 2 is 2.03 bits per heavy atom. The molecule has 2 aromatic heterocycles. The van der Waals surface area contributed by atoms with Crippen molar-refractivity contribution in [1.29, 1.82) is 0 Å². The zero-order chi connectivity index (χ0) is 20.4. The van der Waals surface area contributed by atoms with Gasteiger partial charge in [-0.25, -0.2) is 9.67 Å². The predicted molar refractivity (Wildman–Crippen MR) is 111 cm³/mol. The Bertz CT molecular complexity index is 992. The van der Waals surface area contributed by atoms with Crippen LogP contribution >= 0.6 is 11.3 Å². The standard InChI is InChI=1S/C20H24N6O2S/c1-3-24(4-2)18(27)13-25-12-15(22-23-25)20(28)26-11-7-9-16(26)19-21-14-8-5-6-10-17(14)29-19/h5-6,8,10,12,16H,3-4,7,9,11,13H2,1-2H3/t16-/m0/s1. The molecule has 152 valence electrons. The van der Waals surface area contributed by atoms with Gasteiger partial charge in [0.25, 0.3) is 5.91 Å². The molecular formula is C20H24N6O2S. The third-order valence-electron chi connectivity index (χ3n) is 5.28. The number of hydrogen-bond donors (Lipinski definition) is 0. The lowest BCUT2D eigenvalue weighted by atomic mass is 10.2. The molecule has 3 aromatic rings. The highest BCUT2D eigenvalue weighted by molar-refractivity contribution is 7.18. The first kappa shape index (κ1) is 19.5. The number of nitrogens with zero attached hydrogens (tertiary/aromatic N) is 6. The first-order chi connectivity index (χ1) is 14.1. The number of likely N-dealkylation sites (N-methyl/N-ethyl adjacent to an activating group) is 1. The average molecular weight is 413 g/mol. The lowest BCUT2D eigenvalue weighted by Crippen LogP contribution is -2.33. The van der Waals surface area contributed by atoms with Crippen molar-refractivity contribution < 1.29 is 9.59 Å². The number of thiazole rings is 1. The van der Waals surface area contributed by atoms with Gasteiger partial charge in [-0.1, -0.05) is 17.3 Å². The van der Waals surface area contributed by atoms with Gasteiger partial charge in [-0.15, -0.1) is 16.4 Å². The first-order valence-electron chi connectivity index (χ1n) is 9.95. The molecule has 0 aliphatic carbocycles. The van der Waals surface area contributed by atoms with Crippen LogP contribution < -0.4 is 0 Å². The molecule has 0 unspecified atom stereocenters. The zero-order valence-corrected chi connectivity index (χ0v) is 17.4. The van der Waals surface area contributed by atoms with Gasteiger partial charge in [-0.05, 0) is 38.8 Å². The van der Waals surface area contributed by atoms with Crippen LogP contribution in [-0.4, -0.2) is 61.2 Å². The van der Waals surface area contributed by atoms with Gasteiger partial charge in [-0.2, -0.15) is 0 Å². The second-order valence-electron chi connectivity index (χ2n) is 7.04. The summed E-state index contributed by atoms with van der Waals surface area (Å²) in [6.45, 7) is 5.93. The van der Waals surface area contributed by atoms with Gasteiger partial charge in [-0.3, -0.25) is 9.59 Å². The van der Waals surface area contributed by atoms with Crippen molar-refractivity contribution in [3.8, 4) is 0 Å². The van der Waals surface area contributed by atoms with Crippen molar-refractivity contribution in [2.75, 3.05) is 19.6 Å². The van der Waals surface area contributed by atoms with Gasteiger partial charge in [0.05, 0.1) is 22.5 Å². The minimum Gasteiger partial charge on any atom is -0.342 e. The molecule has 4 rings (SSSR count). The smallest absolute Gasteiger partial charge is 0.276 e. The van der Waals surface area contributed by atoms with E-state index in [-0.39, 0.29) is 30.1 Å². The van der Waals surface area contributed by atoms with Crippen LogP contribution in [0.2, 0.25) is 0 Å². The number of amides is 2. The second-order valence-corrected chi connectivity index (χ2v) is 8.11. The summed E-state index contributed by atoms with van der Waals surface area (Å²) in [6.07, 6.45) is 3.39. The summed E-state index contributed by atoms with van der Waals surface area (Å²) in [5.74, 6) is -0.194. The van der Waals surface area contributed by atoms with Gasteiger partial charge in [0.15, 0.2) is 5.69 Å². The van der Waals surface area contributed by atoms with Crippen LogP contribution in [0.5, 0.6) is 0 Å². The molecule has 1 atom stereocenters. The molecule has 1 aliphatic heterocycles. The summed E-state index contributed by atoms with van der Waals surface area (Å²) in [6, 6.07) is 7.98. The fraction of sp³-hybridized carbons (Fsp3) is 0.450. The summed E-state index contributed by atoms with van der Waals surface area (Å²) in [5.41, 5.74) is 1.23. The number of hydrogen-bond acceptors (Lipinski definition) is 6. The summed E-state index contributed by atoms with van der Waals surface area (Å²) in [4.78, 5) is 33.6. The van der Waals surface area contributed by atoms with Crippen LogP contribution in [0.25, 0.3) is 10.2 Å². The molecule has 0 spiro atoms. The summed E-state index contributed by atoms with van der Waals surface area (Å²) in [7, 11) is 0. The van der Waals surface area contributed by atoms with Crippen molar-refractivity contribution in [2.45, 2.75) is 39.3 Å². The molecule has 1 fully saturated rings. The SMILES string of the molecule is CCN(CC)C(=O)Cn1cc(C(=O)N2CCC[C@H]2c2nc3ccccc3s2)nn1. The maximum absolute atomic E-state index is 13.1. The quantitative estimate of drug-likeness (QED) is 0.622. The molecular weight excluding hydrogens is 388 g/mol. The van der Waals surface area contributed by atoms with E-state index in [0.717, 1.165) is 28.1 Å². The lowest BCUT2D eigenvalue weighted by molar-refractivity contribution is -0.131. The maximum Gasteiger partial charge on any atom is 0.276 e. The maximum atomic E-state index is 13.1. The summed E-state index contributed by atoms with van der Waals surface area (Å²) in [5, 5.41) is 8.98. The van der Waals surface area contributed by atoms with Gasteiger partial charge >= 0.3 is 0 Å². The number of carbonyl (C=O) groups is 2. The van der Waals surface area contributed by atoms with E-state index in [4.69, 9.17) is 4.98 Å². The molecule has 1 aliphatic rings. The zero-order valence-electron chi connectivity index (χ0n) is 16.6. The molecule has 0 saturated carbocycles. The van der Waals surface area contributed by atoms with E-state index < -0.39 is 0 Å². The van der Waals surface area contributed by atoms with Gasteiger partial charge < -0.3 is 9.80 Å². The van der Waals surface area contributed by atoms with E-state index in [9.17, 15) is 9.59 Å². The Morgan fingerprint density at radius 3 is 2.79 bits per heavy atom. The van der Waals surface area contributed by atoms with Crippen molar-refractivity contribution in [2.24, 2.45) is 0 Å². The Balaban J connectivity index is 1.50. The number of rotatable bonds is 6. The lowest BCUT2D eigenvalue weighted by Gasteiger charge is -2.21. The fourth-order valence-electron chi connectivity index (χ4n) is 3.73.